The summed E-state index contributed by atoms with van der Waals surface area (Å²) in [5.41, 5.74) is 2.35. The smallest absolute Gasteiger partial charge is 0.161 e. The SMILES string of the molecule is COc1ccc(N(C(=N)c2ccc(OC)c(OC)c2)c2ccc(OC)cc2)cc1.Cl. The first-order valence-electron chi connectivity index (χ1n) is 9.00. The number of hydrogen-bond donors (Lipinski definition) is 1. The molecule has 0 amide bonds. The van der Waals surface area contributed by atoms with Gasteiger partial charge in [-0.15, -0.1) is 12.4 Å². The molecule has 0 aliphatic heterocycles. The zero-order valence-electron chi connectivity index (χ0n) is 17.3. The van der Waals surface area contributed by atoms with Crippen LogP contribution in [0.5, 0.6) is 23.0 Å². The predicted octanol–water partition coefficient (Wildman–Crippen LogP) is 5.31. The van der Waals surface area contributed by atoms with Gasteiger partial charge in [-0.1, -0.05) is 0 Å². The molecular weight excluding hydrogens is 404 g/mol. The summed E-state index contributed by atoms with van der Waals surface area (Å²) in [5, 5.41) is 8.93. The molecule has 0 atom stereocenters. The number of anilines is 2. The Morgan fingerprint density at radius 1 is 0.633 bits per heavy atom. The Bertz CT molecular complexity index is 928. The van der Waals surface area contributed by atoms with Crippen molar-refractivity contribution < 1.29 is 18.9 Å². The van der Waals surface area contributed by atoms with Crippen molar-refractivity contribution >= 4 is 29.6 Å². The number of halogens is 1. The molecule has 1 N–H and O–H groups in total. The molecule has 6 nitrogen and oxygen atoms in total. The highest BCUT2D eigenvalue weighted by Crippen LogP contribution is 2.33. The second-order valence-electron chi connectivity index (χ2n) is 6.15. The molecule has 3 aromatic carbocycles. The monoisotopic (exact) mass is 428 g/mol. The number of methoxy groups -OCH3 is 4. The van der Waals surface area contributed by atoms with Gasteiger partial charge in [-0.3, -0.25) is 10.3 Å². The molecule has 3 rings (SSSR count). The van der Waals surface area contributed by atoms with Crippen LogP contribution in [-0.2, 0) is 0 Å². The first-order chi connectivity index (χ1) is 14.1. The van der Waals surface area contributed by atoms with Crippen LogP contribution in [0, 0.1) is 5.41 Å². The molecule has 0 saturated carbocycles. The average Bonchev–Trinajstić information content (AvgIpc) is 2.79. The molecule has 0 spiro atoms. The number of nitrogens with zero attached hydrogens (tertiary/aromatic N) is 1. The van der Waals surface area contributed by atoms with E-state index < -0.39 is 0 Å². The Balaban J connectivity index is 0.00000320. The third-order valence-corrected chi connectivity index (χ3v) is 4.54. The lowest BCUT2D eigenvalue weighted by Crippen LogP contribution is -2.26. The molecule has 0 radical (unpaired) electrons. The van der Waals surface area contributed by atoms with Crippen LogP contribution < -0.4 is 23.8 Å². The summed E-state index contributed by atoms with van der Waals surface area (Å²) in [6.45, 7) is 0. The minimum absolute atomic E-state index is 0. The van der Waals surface area contributed by atoms with Gasteiger partial charge in [0, 0.05) is 16.9 Å². The van der Waals surface area contributed by atoms with Gasteiger partial charge in [-0.05, 0) is 66.7 Å². The van der Waals surface area contributed by atoms with Gasteiger partial charge in [0.25, 0.3) is 0 Å². The van der Waals surface area contributed by atoms with Crippen LogP contribution in [0.3, 0.4) is 0 Å². The van der Waals surface area contributed by atoms with Gasteiger partial charge < -0.3 is 18.9 Å². The highest BCUT2D eigenvalue weighted by molar-refractivity contribution is 6.12. The van der Waals surface area contributed by atoms with Gasteiger partial charge in [0.2, 0.25) is 0 Å². The zero-order chi connectivity index (χ0) is 20.8. The predicted molar refractivity (Wildman–Crippen MR) is 122 cm³/mol. The van der Waals surface area contributed by atoms with E-state index in [1.165, 1.54) is 0 Å². The van der Waals surface area contributed by atoms with E-state index in [1.807, 2.05) is 59.5 Å². The molecule has 0 unspecified atom stereocenters. The van der Waals surface area contributed by atoms with Crippen molar-refractivity contribution in [2.45, 2.75) is 0 Å². The Labute approximate surface area is 182 Å². The molecule has 0 saturated heterocycles. The molecule has 0 aromatic heterocycles. The second-order valence-corrected chi connectivity index (χ2v) is 6.15. The van der Waals surface area contributed by atoms with Crippen molar-refractivity contribution in [3.05, 3.63) is 72.3 Å². The number of nitrogens with one attached hydrogen (secondary N) is 1. The van der Waals surface area contributed by atoms with E-state index >= 15 is 0 Å². The maximum absolute atomic E-state index is 8.93. The van der Waals surface area contributed by atoms with Gasteiger partial charge in [0.05, 0.1) is 28.4 Å². The summed E-state index contributed by atoms with van der Waals surface area (Å²) >= 11 is 0. The number of amidine groups is 1. The van der Waals surface area contributed by atoms with E-state index in [0.29, 0.717) is 22.9 Å². The molecule has 0 aliphatic carbocycles. The fraction of sp³-hybridized carbons (Fsp3) is 0.174. The van der Waals surface area contributed by atoms with Crippen LogP contribution in [0.4, 0.5) is 11.4 Å². The fourth-order valence-electron chi connectivity index (χ4n) is 2.98. The van der Waals surface area contributed by atoms with Gasteiger partial charge in [-0.2, -0.15) is 0 Å². The molecule has 0 fully saturated rings. The summed E-state index contributed by atoms with van der Waals surface area (Å²) in [7, 11) is 6.42. The van der Waals surface area contributed by atoms with E-state index in [4.69, 9.17) is 24.4 Å². The Morgan fingerprint density at radius 3 is 1.50 bits per heavy atom. The molecule has 0 aliphatic rings. The summed E-state index contributed by atoms with van der Waals surface area (Å²) in [6.07, 6.45) is 0. The van der Waals surface area contributed by atoms with Crippen molar-refractivity contribution in [3.63, 3.8) is 0 Å². The molecule has 30 heavy (non-hydrogen) atoms. The van der Waals surface area contributed by atoms with Crippen molar-refractivity contribution in [3.8, 4) is 23.0 Å². The van der Waals surface area contributed by atoms with Gasteiger partial charge >= 0.3 is 0 Å². The molecule has 3 aromatic rings. The number of hydrogen-bond acceptors (Lipinski definition) is 5. The van der Waals surface area contributed by atoms with Crippen LogP contribution >= 0.6 is 12.4 Å². The van der Waals surface area contributed by atoms with Crippen LogP contribution in [0.1, 0.15) is 5.56 Å². The van der Waals surface area contributed by atoms with Gasteiger partial charge in [-0.25, -0.2) is 0 Å². The summed E-state index contributed by atoms with van der Waals surface area (Å²) in [4.78, 5) is 1.85. The maximum atomic E-state index is 8.93. The Morgan fingerprint density at radius 2 is 1.10 bits per heavy atom. The highest BCUT2D eigenvalue weighted by Gasteiger charge is 2.18. The normalized spacial score (nSPS) is 9.87. The van der Waals surface area contributed by atoms with Crippen LogP contribution in [0.2, 0.25) is 0 Å². The Kier molecular flexibility index (Phi) is 7.95. The van der Waals surface area contributed by atoms with Crippen LogP contribution in [-0.4, -0.2) is 34.3 Å². The van der Waals surface area contributed by atoms with Crippen molar-refractivity contribution in [1.82, 2.24) is 0 Å². The van der Waals surface area contributed by atoms with E-state index in [0.717, 1.165) is 22.9 Å². The van der Waals surface area contributed by atoms with Crippen molar-refractivity contribution in [1.29, 1.82) is 5.41 Å². The van der Waals surface area contributed by atoms with E-state index in [1.54, 1.807) is 40.6 Å². The van der Waals surface area contributed by atoms with Gasteiger partial charge in [0.1, 0.15) is 17.3 Å². The lowest BCUT2D eigenvalue weighted by atomic mass is 10.1. The van der Waals surface area contributed by atoms with Crippen molar-refractivity contribution in [2.75, 3.05) is 33.3 Å². The van der Waals surface area contributed by atoms with E-state index in [-0.39, 0.29) is 12.4 Å². The lowest BCUT2D eigenvalue weighted by molar-refractivity contribution is 0.355. The highest BCUT2D eigenvalue weighted by atomic mass is 35.5. The Hall–Kier alpha value is -3.38. The average molecular weight is 429 g/mol. The molecule has 7 heteroatoms. The van der Waals surface area contributed by atoms with Crippen LogP contribution in [0.25, 0.3) is 0 Å². The largest absolute Gasteiger partial charge is 0.497 e. The standard InChI is InChI=1S/C23H24N2O4.ClH/c1-26-19-10-6-17(7-11-19)25(18-8-12-20(27-2)13-9-18)23(24)16-5-14-21(28-3)22(15-16)29-4;/h5-15,24H,1-4H3;1H. The lowest BCUT2D eigenvalue weighted by Gasteiger charge is -2.26. The zero-order valence-corrected chi connectivity index (χ0v) is 18.2. The summed E-state index contributed by atoms with van der Waals surface area (Å²) in [5.74, 6) is 2.98. The van der Waals surface area contributed by atoms with Crippen LogP contribution in [0.15, 0.2) is 66.7 Å². The second kappa shape index (κ2) is 10.4. The first kappa shape index (κ1) is 22.9. The third kappa shape index (κ3) is 4.78. The van der Waals surface area contributed by atoms with Gasteiger partial charge in [0.15, 0.2) is 11.5 Å². The number of ether oxygens (including phenoxy) is 4. The molecular formula is C23H25ClN2O4. The summed E-state index contributed by atoms with van der Waals surface area (Å²) in [6, 6.07) is 20.6. The quantitative estimate of drug-likeness (QED) is 0.408. The minimum atomic E-state index is 0. The topological polar surface area (TPSA) is 64.0 Å². The molecule has 158 valence electrons. The molecule has 0 heterocycles. The minimum Gasteiger partial charge on any atom is -0.497 e. The molecule has 0 bridgehead atoms. The number of rotatable bonds is 7. The van der Waals surface area contributed by atoms with E-state index in [2.05, 4.69) is 0 Å². The number of benzene rings is 3. The van der Waals surface area contributed by atoms with Crippen molar-refractivity contribution in [2.24, 2.45) is 0 Å². The maximum Gasteiger partial charge on any atom is 0.161 e. The fourth-order valence-corrected chi connectivity index (χ4v) is 2.98. The summed E-state index contributed by atoms with van der Waals surface area (Å²) < 4.78 is 21.3. The van der Waals surface area contributed by atoms with E-state index in [9.17, 15) is 0 Å². The third-order valence-electron chi connectivity index (χ3n) is 4.54. The first-order valence-corrected chi connectivity index (χ1v) is 9.00.